The van der Waals surface area contributed by atoms with Crippen LogP contribution in [0.1, 0.15) is 10.4 Å². The standard InChI is InChI=1S/C16H14N2O/c1-17-16(19)14-8-5-9-15-13(14)10-11-18(15)12-6-3-2-4-7-12/h2-11H,1H3,(H,17,19). The highest BCUT2D eigenvalue weighted by Gasteiger charge is 2.11. The largest absolute Gasteiger partial charge is 0.355 e. The molecule has 0 spiro atoms. The van der Waals surface area contributed by atoms with Crippen LogP contribution < -0.4 is 5.32 Å². The summed E-state index contributed by atoms with van der Waals surface area (Å²) in [6.07, 6.45) is 1.99. The number of rotatable bonds is 2. The number of fused-ring (bicyclic) bond motifs is 1. The van der Waals surface area contributed by atoms with Gasteiger partial charge in [-0.05, 0) is 30.3 Å². The summed E-state index contributed by atoms with van der Waals surface area (Å²) in [5, 5.41) is 3.64. The fourth-order valence-corrected chi connectivity index (χ4v) is 2.31. The quantitative estimate of drug-likeness (QED) is 0.745. The zero-order chi connectivity index (χ0) is 13.2. The van der Waals surface area contributed by atoms with Crippen LogP contribution >= 0.6 is 0 Å². The number of nitrogens with one attached hydrogen (secondary N) is 1. The van der Waals surface area contributed by atoms with Gasteiger partial charge >= 0.3 is 0 Å². The summed E-state index contributed by atoms with van der Waals surface area (Å²) in [6.45, 7) is 0. The molecule has 1 heterocycles. The van der Waals surface area contributed by atoms with Gasteiger partial charge in [-0.1, -0.05) is 24.3 Å². The molecule has 1 N–H and O–H groups in total. The van der Waals surface area contributed by atoms with Crippen molar-refractivity contribution in [1.82, 2.24) is 9.88 Å². The molecule has 0 atom stereocenters. The van der Waals surface area contributed by atoms with Crippen LogP contribution in [0.25, 0.3) is 16.6 Å². The van der Waals surface area contributed by atoms with E-state index in [0.717, 1.165) is 16.6 Å². The van der Waals surface area contributed by atoms with Gasteiger partial charge in [0.25, 0.3) is 5.91 Å². The summed E-state index contributed by atoms with van der Waals surface area (Å²) in [7, 11) is 1.65. The molecule has 3 nitrogen and oxygen atoms in total. The van der Waals surface area contributed by atoms with Crippen LogP contribution in [0, 0.1) is 0 Å². The van der Waals surface area contributed by atoms with Crippen molar-refractivity contribution in [3.05, 3.63) is 66.4 Å². The second kappa shape index (κ2) is 4.61. The minimum atomic E-state index is -0.0589. The highest BCUT2D eigenvalue weighted by Crippen LogP contribution is 2.23. The summed E-state index contributed by atoms with van der Waals surface area (Å²) in [6, 6.07) is 17.8. The van der Waals surface area contributed by atoms with Gasteiger partial charge in [-0.3, -0.25) is 4.79 Å². The van der Waals surface area contributed by atoms with Crippen molar-refractivity contribution in [3.63, 3.8) is 0 Å². The van der Waals surface area contributed by atoms with Crippen LogP contribution in [0.15, 0.2) is 60.8 Å². The average Bonchev–Trinajstić information content (AvgIpc) is 2.91. The summed E-state index contributed by atoms with van der Waals surface area (Å²) in [4.78, 5) is 11.9. The maximum absolute atomic E-state index is 11.9. The van der Waals surface area contributed by atoms with Crippen LogP contribution in [-0.4, -0.2) is 17.5 Å². The van der Waals surface area contributed by atoms with E-state index in [2.05, 4.69) is 9.88 Å². The Morgan fingerprint density at radius 3 is 2.53 bits per heavy atom. The highest BCUT2D eigenvalue weighted by molar-refractivity contribution is 6.06. The molecule has 0 aliphatic carbocycles. The summed E-state index contributed by atoms with van der Waals surface area (Å²) < 4.78 is 2.09. The maximum atomic E-state index is 11.9. The Hall–Kier alpha value is -2.55. The number of para-hydroxylation sites is 1. The van der Waals surface area contributed by atoms with Gasteiger partial charge in [-0.25, -0.2) is 0 Å². The Morgan fingerprint density at radius 2 is 1.79 bits per heavy atom. The summed E-state index contributed by atoms with van der Waals surface area (Å²) in [5.41, 5.74) is 2.83. The Balaban J connectivity index is 2.23. The van der Waals surface area contributed by atoms with Crippen molar-refractivity contribution in [1.29, 1.82) is 0 Å². The van der Waals surface area contributed by atoms with E-state index in [9.17, 15) is 4.79 Å². The van der Waals surface area contributed by atoms with Gasteiger partial charge in [0.2, 0.25) is 0 Å². The SMILES string of the molecule is CNC(=O)c1cccc2c1ccn2-c1ccccc1. The molecule has 3 aromatic rings. The molecule has 0 saturated carbocycles. The zero-order valence-electron chi connectivity index (χ0n) is 10.6. The molecular weight excluding hydrogens is 236 g/mol. The van der Waals surface area contributed by atoms with E-state index in [1.165, 1.54) is 0 Å². The normalized spacial score (nSPS) is 10.6. The van der Waals surface area contributed by atoms with E-state index in [1.54, 1.807) is 7.05 Å². The van der Waals surface area contributed by atoms with Crippen molar-refractivity contribution >= 4 is 16.8 Å². The Morgan fingerprint density at radius 1 is 1.00 bits per heavy atom. The number of aromatic nitrogens is 1. The molecule has 19 heavy (non-hydrogen) atoms. The molecule has 0 fully saturated rings. The molecule has 94 valence electrons. The molecule has 0 bridgehead atoms. The summed E-state index contributed by atoms with van der Waals surface area (Å²) in [5.74, 6) is -0.0589. The molecule has 0 saturated heterocycles. The van der Waals surface area contributed by atoms with E-state index in [4.69, 9.17) is 0 Å². The minimum absolute atomic E-state index is 0.0589. The number of carbonyl (C=O) groups is 1. The topological polar surface area (TPSA) is 34.0 Å². The number of carbonyl (C=O) groups excluding carboxylic acids is 1. The molecule has 3 heteroatoms. The van der Waals surface area contributed by atoms with Crippen molar-refractivity contribution in [2.45, 2.75) is 0 Å². The average molecular weight is 250 g/mol. The van der Waals surface area contributed by atoms with Crippen molar-refractivity contribution < 1.29 is 4.79 Å². The second-order valence-electron chi connectivity index (χ2n) is 4.34. The molecule has 0 radical (unpaired) electrons. The molecular formula is C16H14N2O. The van der Waals surface area contributed by atoms with E-state index in [1.807, 2.05) is 60.8 Å². The lowest BCUT2D eigenvalue weighted by Crippen LogP contribution is -2.17. The molecule has 0 unspecified atom stereocenters. The van der Waals surface area contributed by atoms with E-state index >= 15 is 0 Å². The van der Waals surface area contributed by atoms with Crippen LogP contribution in [0.4, 0.5) is 0 Å². The third-order valence-electron chi connectivity index (χ3n) is 3.24. The fourth-order valence-electron chi connectivity index (χ4n) is 2.31. The summed E-state index contributed by atoms with van der Waals surface area (Å²) >= 11 is 0. The number of nitrogens with zero attached hydrogens (tertiary/aromatic N) is 1. The lowest BCUT2D eigenvalue weighted by molar-refractivity contribution is 0.0965. The first kappa shape index (κ1) is 11.5. The van der Waals surface area contributed by atoms with Gasteiger partial charge in [-0.15, -0.1) is 0 Å². The molecule has 0 aliphatic rings. The molecule has 0 aliphatic heterocycles. The van der Waals surface area contributed by atoms with Gasteiger partial charge in [0.05, 0.1) is 5.52 Å². The maximum Gasteiger partial charge on any atom is 0.251 e. The number of hydrogen-bond acceptors (Lipinski definition) is 1. The van der Waals surface area contributed by atoms with Crippen LogP contribution in [0.2, 0.25) is 0 Å². The first-order chi connectivity index (χ1) is 9.31. The smallest absolute Gasteiger partial charge is 0.251 e. The third-order valence-corrected chi connectivity index (χ3v) is 3.24. The first-order valence-corrected chi connectivity index (χ1v) is 6.19. The van der Waals surface area contributed by atoms with Crippen molar-refractivity contribution in [2.24, 2.45) is 0 Å². The first-order valence-electron chi connectivity index (χ1n) is 6.19. The van der Waals surface area contributed by atoms with Gasteiger partial charge in [0.15, 0.2) is 0 Å². The molecule has 2 aromatic carbocycles. The van der Waals surface area contributed by atoms with Crippen LogP contribution in [-0.2, 0) is 0 Å². The van der Waals surface area contributed by atoms with Gasteiger partial charge in [-0.2, -0.15) is 0 Å². The number of benzene rings is 2. The Kier molecular flexibility index (Phi) is 2.80. The highest BCUT2D eigenvalue weighted by atomic mass is 16.1. The van der Waals surface area contributed by atoms with E-state index in [-0.39, 0.29) is 5.91 Å². The number of amides is 1. The van der Waals surface area contributed by atoms with E-state index < -0.39 is 0 Å². The monoisotopic (exact) mass is 250 g/mol. The van der Waals surface area contributed by atoms with Crippen molar-refractivity contribution in [2.75, 3.05) is 7.05 Å². The van der Waals surface area contributed by atoms with Gasteiger partial charge in [0, 0.05) is 29.9 Å². The zero-order valence-corrected chi connectivity index (χ0v) is 10.6. The van der Waals surface area contributed by atoms with E-state index in [0.29, 0.717) is 5.56 Å². The molecule has 1 amide bonds. The predicted molar refractivity (Wildman–Crippen MR) is 76.7 cm³/mol. The Bertz CT molecular complexity index is 729. The molecule has 1 aromatic heterocycles. The minimum Gasteiger partial charge on any atom is -0.355 e. The lowest BCUT2D eigenvalue weighted by atomic mass is 10.1. The fraction of sp³-hybridized carbons (Fsp3) is 0.0625. The predicted octanol–water partition coefficient (Wildman–Crippen LogP) is 2.99. The van der Waals surface area contributed by atoms with Crippen LogP contribution in [0.5, 0.6) is 0 Å². The number of hydrogen-bond donors (Lipinski definition) is 1. The van der Waals surface area contributed by atoms with Crippen molar-refractivity contribution in [3.8, 4) is 5.69 Å². The van der Waals surface area contributed by atoms with Gasteiger partial charge in [0.1, 0.15) is 0 Å². The second-order valence-corrected chi connectivity index (χ2v) is 4.34. The molecule has 3 rings (SSSR count). The van der Waals surface area contributed by atoms with Crippen LogP contribution in [0.3, 0.4) is 0 Å². The van der Waals surface area contributed by atoms with Gasteiger partial charge < -0.3 is 9.88 Å². The lowest BCUT2D eigenvalue weighted by Gasteiger charge is -2.06. The Labute approximate surface area is 111 Å². The third kappa shape index (κ3) is 1.89.